The van der Waals surface area contributed by atoms with E-state index in [9.17, 15) is 41.0 Å². The van der Waals surface area contributed by atoms with Crippen LogP contribution in [-0.4, -0.2) is 36.1 Å². The van der Waals surface area contributed by atoms with Crippen molar-refractivity contribution >= 4 is 11.9 Å². The highest BCUT2D eigenvalue weighted by Crippen LogP contribution is 2.47. The summed E-state index contributed by atoms with van der Waals surface area (Å²) in [5.41, 5.74) is -3.60. The van der Waals surface area contributed by atoms with Gasteiger partial charge in [0.25, 0.3) is 5.91 Å². The Hall–Kier alpha value is -4.22. The van der Waals surface area contributed by atoms with Crippen LogP contribution in [0.15, 0.2) is 60.7 Å². The number of hydrogen-bond donors (Lipinski definition) is 1. The maximum Gasteiger partial charge on any atom is 0.416 e. The number of carboxylic acid groups (broad SMARTS) is 1. The predicted octanol–water partition coefficient (Wildman–Crippen LogP) is 6.31. The molecule has 6 nitrogen and oxygen atoms in total. The SMILES string of the molecule is COc1ccc(CN2C(=O)c3ccccc3[C@H](C(=O)O)[C@H]2c2cc(C(F)(F)F)cc(C(F)(F)F)c2)c(OC)c1. The molecule has 4 rings (SSSR count). The predicted molar refractivity (Wildman–Crippen MR) is 125 cm³/mol. The van der Waals surface area contributed by atoms with Crippen molar-refractivity contribution in [3.05, 3.63) is 94.0 Å². The van der Waals surface area contributed by atoms with Crippen LogP contribution in [-0.2, 0) is 23.7 Å². The first-order valence-electron chi connectivity index (χ1n) is 11.4. The summed E-state index contributed by atoms with van der Waals surface area (Å²) in [6, 6.07) is 9.25. The number of ether oxygens (including phenoxy) is 2. The Bertz CT molecular complexity index is 1390. The number of carbonyl (C=O) groups excluding carboxylic acids is 1. The first-order chi connectivity index (χ1) is 18.3. The Morgan fingerprint density at radius 1 is 0.897 bits per heavy atom. The molecular weight excluding hydrogens is 532 g/mol. The summed E-state index contributed by atoms with van der Waals surface area (Å²) in [6.07, 6.45) is -10.3. The second kappa shape index (κ2) is 10.2. The molecule has 206 valence electrons. The Morgan fingerprint density at radius 3 is 2.05 bits per heavy atom. The van der Waals surface area contributed by atoms with Gasteiger partial charge < -0.3 is 19.5 Å². The van der Waals surface area contributed by atoms with Crippen LogP contribution < -0.4 is 9.47 Å². The van der Waals surface area contributed by atoms with Crippen molar-refractivity contribution in [1.82, 2.24) is 4.90 Å². The molecule has 1 aliphatic rings. The number of methoxy groups -OCH3 is 2. The smallest absolute Gasteiger partial charge is 0.416 e. The minimum Gasteiger partial charge on any atom is -0.497 e. The van der Waals surface area contributed by atoms with Gasteiger partial charge in [-0.2, -0.15) is 26.3 Å². The number of fused-ring (bicyclic) bond motifs is 1. The lowest BCUT2D eigenvalue weighted by atomic mass is 9.79. The van der Waals surface area contributed by atoms with Crippen molar-refractivity contribution in [3.8, 4) is 11.5 Å². The topological polar surface area (TPSA) is 76.1 Å². The Kier molecular flexibility index (Phi) is 7.24. The number of nitrogens with zero attached hydrogens (tertiary/aromatic N) is 1. The number of hydrogen-bond acceptors (Lipinski definition) is 4. The molecule has 1 N–H and O–H groups in total. The average molecular weight is 553 g/mol. The molecule has 0 aliphatic carbocycles. The van der Waals surface area contributed by atoms with Gasteiger partial charge in [-0.1, -0.05) is 18.2 Å². The second-order valence-electron chi connectivity index (χ2n) is 8.80. The lowest BCUT2D eigenvalue weighted by Crippen LogP contribution is -2.44. The van der Waals surface area contributed by atoms with Crippen LogP contribution in [0.4, 0.5) is 26.3 Å². The molecule has 1 aliphatic heterocycles. The number of alkyl halides is 6. The normalized spacial score (nSPS) is 17.5. The van der Waals surface area contributed by atoms with E-state index in [-0.39, 0.29) is 29.5 Å². The zero-order valence-corrected chi connectivity index (χ0v) is 20.4. The van der Waals surface area contributed by atoms with Crippen LogP contribution in [0, 0.1) is 0 Å². The first-order valence-corrected chi connectivity index (χ1v) is 11.4. The average Bonchev–Trinajstić information content (AvgIpc) is 2.88. The number of carbonyl (C=O) groups is 2. The summed E-state index contributed by atoms with van der Waals surface area (Å²) in [6.45, 7) is -0.383. The van der Waals surface area contributed by atoms with Gasteiger partial charge >= 0.3 is 18.3 Å². The molecule has 0 saturated carbocycles. The van der Waals surface area contributed by atoms with E-state index >= 15 is 0 Å². The van der Waals surface area contributed by atoms with Gasteiger partial charge in [-0.05, 0) is 47.5 Å². The Morgan fingerprint density at radius 2 is 1.51 bits per heavy atom. The van der Waals surface area contributed by atoms with Crippen LogP contribution in [0.3, 0.4) is 0 Å². The van der Waals surface area contributed by atoms with Crippen LogP contribution in [0.2, 0.25) is 0 Å². The van der Waals surface area contributed by atoms with Crippen molar-refractivity contribution in [2.75, 3.05) is 14.2 Å². The molecule has 3 aromatic rings. The van der Waals surface area contributed by atoms with Crippen LogP contribution in [0.1, 0.15) is 50.1 Å². The summed E-state index contributed by atoms with van der Waals surface area (Å²) in [5, 5.41) is 10.2. The number of benzene rings is 3. The first kappa shape index (κ1) is 27.8. The fourth-order valence-electron chi connectivity index (χ4n) is 4.72. The lowest BCUT2D eigenvalue weighted by Gasteiger charge is -2.41. The molecule has 2 atom stereocenters. The fourth-order valence-corrected chi connectivity index (χ4v) is 4.72. The van der Waals surface area contributed by atoms with Gasteiger partial charge in [-0.25, -0.2) is 0 Å². The molecule has 0 saturated heterocycles. The minimum absolute atomic E-state index is 0.0242. The van der Waals surface area contributed by atoms with Gasteiger partial charge in [0.1, 0.15) is 17.4 Å². The van der Waals surface area contributed by atoms with Crippen molar-refractivity contribution < 1.29 is 50.5 Å². The van der Waals surface area contributed by atoms with Crippen LogP contribution in [0.5, 0.6) is 11.5 Å². The van der Waals surface area contributed by atoms with Gasteiger partial charge in [0.15, 0.2) is 0 Å². The third-order valence-corrected chi connectivity index (χ3v) is 6.49. The van der Waals surface area contributed by atoms with E-state index in [1.807, 2.05) is 0 Å². The summed E-state index contributed by atoms with van der Waals surface area (Å²) in [4.78, 5) is 27.2. The molecule has 0 radical (unpaired) electrons. The third-order valence-electron chi connectivity index (χ3n) is 6.49. The van der Waals surface area contributed by atoms with Crippen molar-refractivity contribution in [1.29, 1.82) is 0 Å². The highest BCUT2D eigenvalue weighted by atomic mass is 19.4. The van der Waals surface area contributed by atoms with E-state index in [4.69, 9.17) is 9.47 Å². The number of rotatable bonds is 6. The standard InChI is InChI=1S/C27H21F6NO5/c1-38-18-8-7-14(21(12-18)39-2)13-34-23(22(25(36)37)19-5-3-4-6-20(19)24(34)35)15-9-16(26(28,29)30)11-17(10-15)27(31,32)33/h3-12,22-23H,13H2,1-2H3,(H,36,37)/t22-,23+/m0/s1. The van der Waals surface area contributed by atoms with E-state index in [2.05, 4.69) is 0 Å². The summed E-state index contributed by atoms with van der Waals surface area (Å²) in [5.74, 6) is -3.37. The molecule has 0 aromatic heterocycles. The number of aliphatic carboxylic acids is 1. The highest BCUT2D eigenvalue weighted by Gasteiger charge is 2.46. The number of halogens is 6. The molecule has 12 heteroatoms. The van der Waals surface area contributed by atoms with Crippen LogP contribution >= 0.6 is 0 Å². The highest BCUT2D eigenvalue weighted by molar-refractivity contribution is 6.00. The zero-order chi connectivity index (χ0) is 28.7. The molecule has 0 unspecified atom stereocenters. The van der Waals surface area contributed by atoms with Crippen molar-refractivity contribution in [2.24, 2.45) is 0 Å². The minimum atomic E-state index is -5.17. The Balaban J connectivity index is 1.99. The molecule has 39 heavy (non-hydrogen) atoms. The lowest BCUT2D eigenvalue weighted by molar-refractivity contribution is -0.143. The molecule has 1 heterocycles. The second-order valence-corrected chi connectivity index (χ2v) is 8.80. The van der Waals surface area contributed by atoms with E-state index in [0.717, 1.165) is 4.90 Å². The quantitative estimate of drug-likeness (QED) is 0.363. The third kappa shape index (κ3) is 5.36. The molecule has 0 bridgehead atoms. The number of carboxylic acids is 1. The van der Waals surface area contributed by atoms with Gasteiger partial charge in [0, 0.05) is 17.2 Å². The summed E-state index contributed by atoms with van der Waals surface area (Å²) < 4.78 is 92.7. The maximum atomic E-state index is 13.7. The number of amides is 1. The summed E-state index contributed by atoms with van der Waals surface area (Å²) >= 11 is 0. The molecule has 0 spiro atoms. The largest absolute Gasteiger partial charge is 0.497 e. The molecule has 3 aromatic carbocycles. The van der Waals surface area contributed by atoms with Gasteiger partial charge in [0.05, 0.1) is 37.9 Å². The molecular formula is C27H21F6NO5. The van der Waals surface area contributed by atoms with Gasteiger partial charge in [-0.15, -0.1) is 0 Å². The van der Waals surface area contributed by atoms with E-state index in [1.165, 1.54) is 56.7 Å². The fraction of sp³-hybridized carbons (Fsp3) is 0.259. The van der Waals surface area contributed by atoms with E-state index < -0.39 is 52.9 Å². The Labute approximate surface area is 218 Å². The van der Waals surface area contributed by atoms with E-state index in [1.54, 1.807) is 0 Å². The maximum absolute atomic E-state index is 13.7. The van der Waals surface area contributed by atoms with Crippen molar-refractivity contribution in [3.63, 3.8) is 0 Å². The van der Waals surface area contributed by atoms with Gasteiger partial charge in [-0.3, -0.25) is 9.59 Å². The van der Waals surface area contributed by atoms with Gasteiger partial charge in [0.2, 0.25) is 0 Å². The van der Waals surface area contributed by atoms with Crippen LogP contribution in [0.25, 0.3) is 0 Å². The molecule has 0 fully saturated rings. The molecule has 1 amide bonds. The zero-order valence-electron chi connectivity index (χ0n) is 20.4. The van der Waals surface area contributed by atoms with E-state index in [0.29, 0.717) is 23.4 Å². The summed E-state index contributed by atoms with van der Waals surface area (Å²) in [7, 11) is 2.73. The monoisotopic (exact) mass is 553 g/mol. The van der Waals surface area contributed by atoms with Crippen molar-refractivity contribution in [2.45, 2.75) is 30.9 Å².